The summed E-state index contributed by atoms with van der Waals surface area (Å²) >= 11 is 3.15. The first-order valence-corrected chi connectivity index (χ1v) is 6.45. The highest BCUT2D eigenvalue weighted by Gasteiger charge is 2.05. The molecule has 1 unspecified atom stereocenters. The Morgan fingerprint density at radius 3 is 2.56 bits per heavy atom. The minimum atomic E-state index is -0.198. The van der Waals surface area contributed by atoms with Crippen LogP contribution in [0.15, 0.2) is 22.7 Å². The molecule has 90 valence electrons. The fourth-order valence-corrected chi connectivity index (χ4v) is 1.98. The van der Waals surface area contributed by atoms with Gasteiger partial charge in [0.25, 0.3) is 0 Å². The second kappa shape index (κ2) is 6.36. The highest BCUT2D eigenvalue weighted by Crippen LogP contribution is 2.16. The predicted octanol–water partition coefficient (Wildman–Crippen LogP) is 4.11. The maximum Gasteiger partial charge on any atom is 0.137 e. The summed E-state index contributed by atoms with van der Waals surface area (Å²) in [4.78, 5) is 0. The van der Waals surface area contributed by atoms with E-state index in [0.29, 0.717) is 16.4 Å². The Bertz CT molecular complexity index is 339. The smallest absolute Gasteiger partial charge is 0.137 e. The second-order valence-electron chi connectivity index (χ2n) is 4.66. The van der Waals surface area contributed by atoms with Crippen LogP contribution in [0, 0.1) is 11.7 Å². The Kier molecular flexibility index (Phi) is 5.42. The number of rotatable bonds is 5. The summed E-state index contributed by atoms with van der Waals surface area (Å²) in [5.74, 6) is 0.486. The van der Waals surface area contributed by atoms with Crippen LogP contribution in [-0.4, -0.2) is 6.04 Å². The predicted molar refractivity (Wildman–Crippen MR) is 69.9 cm³/mol. The molecule has 0 saturated heterocycles. The number of benzene rings is 1. The van der Waals surface area contributed by atoms with E-state index in [4.69, 9.17) is 0 Å². The molecular weight excluding hydrogens is 269 g/mol. The van der Waals surface area contributed by atoms with Gasteiger partial charge in [-0.3, -0.25) is 0 Å². The molecule has 16 heavy (non-hydrogen) atoms. The van der Waals surface area contributed by atoms with Crippen molar-refractivity contribution in [2.75, 3.05) is 0 Å². The summed E-state index contributed by atoms with van der Waals surface area (Å²) in [6.07, 6.45) is 1.14. The van der Waals surface area contributed by atoms with Crippen LogP contribution in [0.5, 0.6) is 0 Å². The van der Waals surface area contributed by atoms with Crippen molar-refractivity contribution in [1.29, 1.82) is 0 Å². The molecule has 0 aliphatic carbocycles. The van der Waals surface area contributed by atoms with Gasteiger partial charge in [-0.05, 0) is 52.9 Å². The fraction of sp³-hybridized carbons (Fsp3) is 0.538. The standard InChI is InChI=1S/C13H19BrFN/c1-9(2)6-10(3)16-8-11-4-5-12(14)13(15)7-11/h4-5,7,9-10,16H,6,8H2,1-3H3. The Balaban J connectivity index is 2.45. The van der Waals surface area contributed by atoms with Gasteiger partial charge < -0.3 is 5.32 Å². The summed E-state index contributed by atoms with van der Waals surface area (Å²) in [7, 11) is 0. The maximum absolute atomic E-state index is 13.2. The Hall–Kier alpha value is -0.410. The van der Waals surface area contributed by atoms with Crippen LogP contribution < -0.4 is 5.32 Å². The normalized spacial score (nSPS) is 13.1. The average molecular weight is 288 g/mol. The molecule has 0 saturated carbocycles. The van der Waals surface area contributed by atoms with E-state index in [9.17, 15) is 4.39 Å². The molecule has 0 aromatic heterocycles. The van der Waals surface area contributed by atoms with Crippen molar-refractivity contribution in [3.63, 3.8) is 0 Å². The molecule has 1 aromatic carbocycles. The minimum absolute atomic E-state index is 0.198. The van der Waals surface area contributed by atoms with Crippen molar-refractivity contribution < 1.29 is 4.39 Å². The van der Waals surface area contributed by atoms with Gasteiger partial charge in [-0.15, -0.1) is 0 Å². The molecule has 0 aliphatic heterocycles. The summed E-state index contributed by atoms with van der Waals surface area (Å²) < 4.78 is 13.8. The van der Waals surface area contributed by atoms with Gasteiger partial charge in [0.15, 0.2) is 0 Å². The minimum Gasteiger partial charge on any atom is -0.310 e. The van der Waals surface area contributed by atoms with Gasteiger partial charge in [0.2, 0.25) is 0 Å². The molecule has 0 bridgehead atoms. The van der Waals surface area contributed by atoms with E-state index in [2.05, 4.69) is 42.0 Å². The van der Waals surface area contributed by atoms with E-state index < -0.39 is 0 Å². The monoisotopic (exact) mass is 287 g/mol. The zero-order valence-electron chi connectivity index (χ0n) is 10.1. The summed E-state index contributed by atoms with van der Waals surface area (Å²) in [5, 5.41) is 3.39. The van der Waals surface area contributed by atoms with Gasteiger partial charge in [-0.25, -0.2) is 4.39 Å². The Morgan fingerprint density at radius 2 is 2.00 bits per heavy atom. The molecule has 1 N–H and O–H groups in total. The molecule has 1 aromatic rings. The lowest BCUT2D eigenvalue weighted by Gasteiger charge is -2.16. The molecular formula is C13H19BrFN. The molecule has 0 spiro atoms. The second-order valence-corrected chi connectivity index (χ2v) is 5.51. The lowest BCUT2D eigenvalue weighted by Crippen LogP contribution is -2.26. The molecule has 3 heteroatoms. The van der Waals surface area contributed by atoms with Gasteiger partial charge in [-0.1, -0.05) is 19.9 Å². The fourth-order valence-electron chi connectivity index (χ4n) is 1.73. The Labute approximate surface area is 106 Å². The first-order chi connectivity index (χ1) is 7.49. The van der Waals surface area contributed by atoms with Crippen LogP contribution in [0.2, 0.25) is 0 Å². The number of hydrogen-bond donors (Lipinski definition) is 1. The SMILES string of the molecule is CC(C)CC(C)NCc1ccc(Br)c(F)c1. The van der Waals surface area contributed by atoms with Crippen LogP contribution in [-0.2, 0) is 6.54 Å². The van der Waals surface area contributed by atoms with Crippen molar-refractivity contribution in [3.05, 3.63) is 34.1 Å². The maximum atomic E-state index is 13.2. The van der Waals surface area contributed by atoms with Crippen molar-refractivity contribution in [2.24, 2.45) is 5.92 Å². The third-order valence-corrected chi connectivity index (χ3v) is 3.11. The lowest BCUT2D eigenvalue weighted by atomic mass is 10.1. The van der Waals surface area contributed by atoms with Gasteiger partial charge >= 0.3 is 0 Å². The topological polar surface area (TPSA) is 12.0 Å². The van der Waals surface area contributed by atoms with Crippen LogP contribution in [0.25, 0.3) is 0 Å². The number of nitrogens with one attached hydrogen (secondary N) is 1. The van der Waals surface area contributed by atoms with E-state index in [-0.39, 0.29) is 5.82 Å². The van der Waals surface area contributed by atoms with E-state index in [1.165, 1.54) is 0 Å². The van der Waals surface area contributed by atoms with Gasteiger partial charge in [-0.2, -0.15) is 0 Å². The van der Waals surface area contributed by atoms with E-state index in [1.54, 1.807) is 12.1 Å². The zero-order valence-corrected chi connectivity index (χ0v) is 11.6. The van der Waals surface area contributed by atoms with Gasteiger partial charge in [0.1, 0.15) is 5.82 Å². The van der Waals surface area contributed by atoms with Crippen molar-refractivity contribution in [2.45, 2.75) is 39.8 Å². The first-order valence-electron chi connectivity index (χ1n) is 5.66. The Morgan fingerprint density at radius 1 is 1.31 bits per heavy atom. The highest BCUT2D eigenvalue weighted by molar-refractivity contribution is 9.10. The van der Waals surface area contributed by atoms with Crippen molar-refractivity contribution in [3.8, 4) is 0 Å². The van der Waals surface area contributed by atoms with Gasteiger partial charge in [0.05, 0.1) is 4.47 Å². The molecule has 0 radical (unpaired) electrons. The lowest BCUT2D eigenvalue weighted by molar-refractivity contribution is 0.441. The molecule has 1 nitrogen and oxygen atoms in total. The van der Waals surface area contributed by atoms with E-state index in [1.807, 2.05) is 6.07 Å². The van der Waals surface area contributed by atoms with Crippen molar-refractivity contribution in [1.82, 2.24) is 5.32 Å². The van der Waals surface area contributed by atoms with Crippen molar-refractivity contribution >= 4 is 15.9 Å². The van der Waals surface area contributed by atoms with E-state index >= 15 is 0 Å². The first kappa shape index (κ1) is 13.7. The van der Waals surface area contributed by atoms with Gasteiger partial charge in [0, 0.05) is 12.6 Å². The average Bonchev–Trinajstić information content (AvgIpc) is 2.19. The molecule has 1 rings (SSSR count). The molecule has 0 fully saturated rings. The van der Waals surface area contributed by atoms with Crippen LogP contribution in [0.3, 0.4) is 0 Å². The largest absolute Gasteiger partial charge is 0.310 e. The number of hydrogen-bond acceptors (Lipinski definition) is 1. The third kappa shape index (κ3) is 4.62. The highest BCUT2D eigenvalue weighted by atomic mass is 79.9. The summed E-state index contributed by atoms with van der Waals surface area (Å²) in [6.45, 7) is 7.29. The third-order valence-electron chi connectivity index (χ3n) is 2.46. The molecule has 0 aliphatic rings. The molecule has 0 amide bonds. The summed E-state index contributed by atoms with van der Waals surface area (Å²) in [5.41, 5.74) is 0.983. The zero-order chi connectivity index (χ0) is 12.1. The summed E-state index contributed by atoms with van der Waals surface area (Å²) in [6, 6.07) is 5.72. The van der Waals surface area contributed by atoms with Crippen LogP contribution in [0.4, 0.5) is 4.39 Å². The number of halogens is 2. The molecule has 1 atom stereocenters. The quantitative estimate of drug-likeness (QED) is 0.859. The van der Waals surface area contributed by atoms with Crippen LogP contribution >= 0.6 is 15.9 Å². The van der Waals surface area contributed by atoms with E-state index in [0.717, 1.165) is 18.5 Å². The molecule has 0 heterocycles. The van der Waals surface area contributed by atoms with Crippen LogP contribution in [0.1, 0.15) is 32.8 Å².